The van der Waals surface area contributed by atoms with Crippen LogP contribution in [0.15, 0.2) is 22.7 Å². The number of nitrogens with two attached hydrogens (primary N) is 2. The molecular formula is C10H15N3OSSn. The summed E-state index contributed by atoms with van der Waals surface area (Å²) in [5.41, 5.74) is 13.0. The number of primary amides is 1. The molecule has 4 nitrogen and oxygen atoms in total. The van der Waals surface area contributed by atoms with Crippen LogP contribution in [0.4, 0.5) is 4.79 Å². The first-order chi connectivity index (χ1) is 7.52. The molecule has 1 aromatic rings. The van der Waals surface area contributed by atoms with E-state index < -0.39 is 30.7 Å². The Labute approximate surface area is 104 Å². The molecule has 0 aliphatic carbocycles. The van der Waals surface area contributed by atoms with Gasteiger partial charge >= 0.3 is 105 Å². The summed E-state index contributed by atoms with van der Waals surface area (Å²) in [6, 6.07) is 2.04. The summed E-state index contributed by atoms with van der Waals surface area (Å²) < 4.78 is 1.34. The van der Waals surface area contributed by atoms with Crippen LogP contribution in [-0.4, -0.2) is 30.0 Å². The second kappa shape index (κ2) is 4.29. The van der Waals surface area contributed by atoms with E-state index >= 15 is 0 Å². The molecule has 16 heavy (non-hydrogen) atoms. The van der Waals surface area contributed by atoms with Gasteiger partial charge in [-0.25, -0.2) is 0 Å². The number of pyridine rings is 1. The van der Waals surface area contributed by atoms with Crippen molar-refractivity contribution >= 4 is 45.2 Å². The summed E-state index contributed by atoms with van der Waals surface area (Å²) in [6.07, 6.45) is 1.77. The molecular weight excluding hydrogens is 329 g/mol. The van der Waals surface area contributed by atoms with Crippen molar-refractivity contribution in [2.24, 2.45) is 11.5 Å². The summed E-state index contributed by atoms with van der Waals surface area (Å²) in [7, 11) is -1.13. The third-order valence-corrected chi connectivity index (χ3v) is 9.34. The number of hydrogen-bond acceptors (Lipinski definition) is 3. The number of rotatable bonds is 1. The second-order valence-corrected chi connectivity index (χ2v) is 14.3. The summed E-state index contributed by atoms with van der Waals surface area (Å²) in [5.74, 6) is 0. The van der Waals surface area contributed by atoms with Crippen LogP contribution in [0.5, 0.6) is 0 Å². The van der Waals surface area contributed by atoms with Crippen molar-refractivity contribution < 1.29 is 4.79 Å². The van der Waals surface area contributed by atoms with Gasteiger partial charge in [0.25, 0.3) is 0 Å². The van der Waals surface area contributed by atoms with Gasteiger partial charge in [0.1, 0.15) is 0 Å². The zero-order valence-corrected chi connectivity index (χ0v) is 13.5. The Bertz CT molecular complexity index is 487. The Morgan fingerprint density at radius 1 is 1.50 bits per heavy atom. The zero-order valence-electron chi connectivity index (χ0n) is 9.27. The maximum absolute atomic E-state index is 11.3. The second-order valence-electron chi connectivity index (χ2n) is 4.05. The molecule has 1 aliphatic rings. The number of nitrogens with zero attached hydrogens (tertiary/aromatic N) is 1. The average Bonchev–Trinajstić information content (AvgIpc) is 2.56. The van der Waals surface area contributed by atoms with Crippen LogP contribution in [0.3, 0.4) is 0 Å². The SMILES string of the molecule is [CH3][SnH]([CH3])[c]1ccnc2c1C(N)=C[SH]2C(N)=O. The molecule has 1 unspecified atom stereocenters. The van der Waals surface area contributed by atoms with Gasteiger partial charge in [-0.15, -0.1) is 0 Å². The number of fused-ring (bicyclic) bond motifs is 1. The molecule has 1 atom stereocenters. The van der Waals surface area contributed by atoms with E-state index in [1.54, 1.807) is 11.6 Å². The van der Waals surface area contributed by atoms with Crippen LogP contribution in [-0.2, 0) is 0 Å². The minimum atomic E-state index is -1.65. The topological polar surface area (TPSA) is 82.0 Å². The van der Waals surface area contributed by atoms with Crippen molar-refractivity contribution in [3.63, 3.8) is 0 Å². The van der Waals surface area contributed by atoms with Gasteiger partial charge in [0.15, 0.2) is 0 Å². The molecule has 4 N–H and O–H groups in total. The molecule has 2 rings (SSSR count). The predicted octanol–water partition coefficient (Wildman–Crippen LogP) is 0.485. The van der Waals surface area contributed by atoms with E-state index in [-0.39, 0.29) is 5.24 Å². The van der Waals surface area contributed by atoms with Gasteiger partial charge in [0.2, 0.25) is 0 Å². The standard InChI is InChI=1S/C8H8N3OS.2CH3.Sn.H/c9-6-4-13(8(10)12)7-5(6)2-1-3-11-7;;;;/h1,3-4,13H,9H2,(H2,10,12);2*1H3;;. The van der Waals surface area contributed by atoms with Crippen LogP contribution in [0.1, 0.15) is 5.56 Å². The number of carbonyl (C=O) groups excluding carboxylic acids is 1. The Hall–Kier alpha value is -0.691. The van der Waals surface area contributed by atoms with E-state index in [2.05, 4.69) is 14.9 Å². The summed E-state index contributed by atoms with van der Waals surface area (Å²) in [4.78, 5) is 20.2. The Morgan fingerprint density at radius 3 is 2.75 bits per heavy atom. The van der Waals surface area contributed by atoms with E-state index in [4.69, 9.17) is 11.5 Å². The number of carbonyl (C=O) groups is 1. The van der Waals surface area contributed by atoms with Crippen molar-refractivity contribution in [1.29, 1.82) is 0 Å². The molecule has 0 bridgehead atoms. The van der Waals surface area contributed by atoms with E-state index in [1.165, 1.54) is 3.58 Å². The first-order valence-corrected chi connectivity index (χ1v) is 14.7. The molecule has 0 saturated heterocycles. The van der Waals surface area contributed by atoms with Crippen molar-refractivity contribution in [2.75, 3.05) is 0 Å². The van der Waals surface area contributed by atoms with Crippen molar-refractivity contribution in [2.45, 2.75) is 14.9 Å². The normalized spacial score (nSPS) is 20.7. The fourth-order valence-electron chi connectivity index (χ4n) is 1.86. The van der Waals surface area contributed by atoms with Gasteiger partial charge in [-0.1, -0.05) is 0 Å². The molecule has 0 saturated carbocycles. The maximum atomic E-state index is 11.3. The van der Waals surface area contributed by atoms with Crippen LogP contribution in [0, 0.1) is 0 Å². The molecule has 1 aromatic heterocycles. The number of amides is 1. The average molecular weight is 344 g/mol. The van der Waals surface area contributed by atoms with Crippen LogP contribution >= 0.6 is 10.9 Å². The fourth-order valence-corrected chi connectivity index (χ4v) is 7.62. The van der Waals surface area contributed by atoms with Gasteiger partial charge in [-0.3, -0.25) is 0 Å². The minimum absolute atomic E-state index is 0.319. The van der Waals surface area contributed by atoms with Crippen molar-refractivity contribution in [1.82, 2.24) is 4.98 Å². The third kappa shape index (κ3) is 1.82. The van der Waals surface area contributed by atoms with E-state index in [1.807, 2.05) is 6.07 Å². The van der Waals surface area contributed by atoms with E-state index in [9.17, 15) is 4.79 Å². The van der Waals surface area contributed by atoms with E-state index in [0.29, 0.717) is 5.70 Å². The van der Waals surface area contributed by atoms with Crippen molar-refractivity contribution in [3.05, 3.63) is 23.2 Å². The molecule has 0 spiro atoms. The van der Waals surface area contributed by atoms with Gasteiger partial charge in [-0.05, 0) is 0 Å². The van der Waals surface area contributed by atoms with Gasteiger partial charge < -0.3 is 0 Å². The fraction of sp³-hybridized carbons (Fsp3) is 0.200. The summed E-state index contributed by atoms with van der Waals surface area (Å²) in [6.45, 7) is 0. The molecule has 86 valence electrons. The number of aromatic nitrogens is 1. The zero-order chi connectivity index (χ0) is 11.9. The van der Waals surface area contributed by atoms with E-state index in [0.717, 1.165) is 10.6 Å². The third-order valence-electron chi connectivity index (χ3n) is 2.61. The predicted molar refractivity (Wildman–Crippen MR) is 71.7 cm³/mol. The van der Waals surface area contributed by atoms with Crippen molar-refractivity contribution in [3.8, 4) is 0 Å². The molecule has 2 heterocycles. The Morgan fingerprint density at radius 2 is 2.19 bits per heavy atom. The molecule has 6 heteroatoms. The van der Waals surface area contributed by atoms with Crippen LogP contribution in [0.2, 0.25) is 9.88 Å². The molecule has 1 amide bonds. The Balaban J connectivity index is 2.62. The molecule has 0 fully saturated rings. The first kappa shape index (κ1) is 11.8. The molecule has 0 radical (unpaired) electrons. The summed E-state index contributed by atoms with van der Waals surface area (Å²) >= 11 is -1.65. The monoisotopic (exact) mass is 345 g/mol. The Kier molecular flexibility index (Phi) is 3.16. The molecule has 1 aliphatic heterocycles. The summed E-state index contributed by atoms with van der Waals surface area (Å²) in [5, 5.41) is 2.27. The number of thiol groups is 1. The van der Waals surface area contributed by atoms with Crippen LogP contribution < -0.4 is 15.0 Å². The van der Waals surface area contributed by atoms with Gasteiger partial charge in [0.05, 0.1) is 0 Å². The van der Waals surface area contributed by atoms with Gasteiger partial charge in [0, 0.05) is 0 Å². The van der Waals surface area contributed by atoms with Crippen LogP contribution in [0.25, 0.3) is 5.70 Å². The first-order valence-electron chi connectivity index (χ1n) is 5.07. The molecule has 0 aromatic carbocycles. The number of hydrogen-bond donors (Lipinski definition) is 3. The van der Waals surface area contributed by atoms with Gasteiger partial charge in [-0.2, -0.15) is 0 Å². The quantitative estimate of drug-likeness (QED) is 0.512.